The summed E-state index contributed by atoms with van der Waals surface area (Å²) in [5.41, 5.74) is 4.34. The first-order valence-corrected chi connectivity index (χ1v) is 11.1. The highest BCUT2D eigenvalue weighted by Crippen LogP contribution is 2.28. The van der Waals surface area contributed by atoms with E-state index in [1.54, 1.807) is 54.6 Å². The zero-order valence-corrected chi connectivity index (χ0v) is 20.1. The molecule has 0 saturated carbocycles. The second-order valence-electron chi connectivity index (χ2n) is 7.00. The van der Waals surface area contributed by atoms with E-state index < -0.39 is 11.9 Å². The van der Waals surface area contributed by atoms with Gasteiger partial charge in [0.15, 0.2) is 18.1 Å². The normalized spacial score (nSPS) is 10.5. The minimum absolute atomic E-state index is 0.261. The van der Waals surface area contributed by atoms with Crippen molar-refractivity contribution in [2.75, 3.05) is 13.7 Å². The molecule has 0 aromatic heterocycles. The molecule has 0 saturated heterocycles. The van der Waals surface area contributed by atoms with Crippen molar-refractivity contribution in [3.8, 4) is 17.2 Å². The van der Waals surface area contributed by atoms with Gasteiger partial charge in [-0.1, -0.05) is 46.3 Å². The summed E-state index contributed by atoms with van der Waals surface area (Å²) in [5, 5.41) is 3.96. The Labute approximate surface area is 206 Å². The number of amides is 1. The number of hydrogen-bond donors (Lipinski definition) is 1. The van der Waals surface area contributed by atoms with E-state index in [-0.39, 0.29) is 6.61 Å². The summed E-state index contributed by atoms with van der Waals surface area (Å²) in [4.78, 5) is 24.6. The Morgan fingerprint density at radius 3 is 2.53 bits per heavy atom. The van der Waals surface area contributed by atoms with Crippen molar-refractivity contribution in [3.63, 3.8) is 0 Å². The topological polar surface area (TPSA) is 86.2 Å². The first-order chi connectivity index (χ1) is 16.5. The van der Waals surface area contributed by atoms with Gasteiger partial charge in [-0.05, 0) is 54.4 Å². The highest BCUT2D eigenvalue weighted by Gasteiger charge is 2.12. The van der Waals surface area contributed by atoms with Crippen molar-refractivity contribution >= 4 is 34.0 Å². The van der Waals surface area contributed by atoms with Gasteiger partial charge in [-0.15, -0.1) is 6.58 Å². The van der Waals surface area contributed by atoms with E-state index in [1.807, 2.05) is 18.2 Å². The number of methoxy groups -OCH3 is 1. The fourth-order valence-corrected chi connectivity index (χ4v) is 3.30. The second kappa shape index (κ2) is 12.4. The van der Waals surface area contributed by atoms with Gasteiger partial charge in [-0.25, -0.2) is 10.2 Å². The maximum absolute atomic E-state index is 12.4. The number of nitrogens with one attached hydrogen (secondary N) is 1. The molecule has 7 nitrogen and oxygen atoms in total. The highest BCUT2D eigenvalue weighted by atomic mass is 79.9. The Morgan fingerprint density at radius 1 is 1.03 bits per heavy atom. The number of hydrazone groups is 1. The SMILES string of the molecule is C=CCc1ccc(OCC(=O)N/N=C/c2cc(Br)ccc2OC(=O)c2ccccc2)c(OC)c1. The minimum Gasteiger partial charge on any atom is -0.493 e. The van der Waals surface area contributed by atoms with Gasteiger partial charge in [0.25, 0.3) is 5.91 Å². The van der Waals surface area contributed by atoms with Gasteiger partial charge in [0.2, 0.25) is 0 Å². The van der Waals surface area contributed by atoms with Crippen LogP contribution in [-0.2, 0) is 11.2 Å². The molecule has 0 spiro atoms. The van der Waals surface area contributed by atoms with Crippen LogP contribution in [0.15, 0.2) is 89.0 Å². The van der Waals surface area contributed by atoms with Gasteiger partial charge in [-0.3, -0.25) is 4.79 Å². The molecule has 0 aliphatic heterocycles. The van der Waals surface area contributed by atoms with E-state index >= 15 is 0 Å². The summed E-state index contributed by atoms with van der Waals surface area (Å²) >= 11 is 3.38. The quantitative estimate of drug-likeness (QED) is 0.134. The van der Waals surface area contributed by atoms with Gasteiger partial charge < -0.3 is 14.2 Å². The standard InChI is InChI=1S/C26H23BrN2O5/c1-3-7-18-10-12-23(24(14-18)32-2)33-17-25(30)29-28-16-20-15-21(27)11-13-22(20)34-26(31)19-8-5-4-6-9-19/h3-6,8-16H,1,7,17H2,2H3,(H,29,30)/b28-16+. The number of nitrogens with zero attached hydrogens (tertiary/aromatic N) is 1. The number of halogens is 1. The third-order valence-electron chi connectivity index (χ3n) is 4.54. The van der Waals surface area contributed by atoms with Crippen LogP contribution in [0.5, 0.6) is 17.2 Å². The molecule has 0 unspecified atom stereocenters. The summed E-state index contributed by atoms with van der Waals surface area (Å²) < 4.78 is 17.1. The van der Waals surface area contributed by atoms with Crippen LogP contribution in [0.4, 0.5) is 0 Å². The van der Waals surface area contributed by atoms with Crippen LogP contribution in [-0.4, -0.2) is 31.8 Å². The Morgan fingerprint density at radius 2 is 1.79 bits per heavy atom. The molecule has 174 valence electrons. The molecular formula is C26H23BrN2O5. The maximum atomic E-state index is 12.4. The Bertz CT molecular complexity index is 1200. The largest absolute Gasteiger partial charge is 0.493 e. The number of benzene rings is 3. The summed E-state index contributed by atoms with van der Waals surface area (Å²) in [7, 11) is 1.53. The molecule has 3 aromatic carbocycles. The molecule has 3 rings (SSSR count). The van der Waals surface area contributed by atoms with Crippen LogP contribution in [0.1, 0.15) is 21.5 Å². The van der Waals surface area contributed by atoms with Gasteiger partial charge in [0.05, 0.1) is 18.9 Å². The molecule has 0 fully saturated rings. The second-order valence-corrected chi connectivity index (χ2v) is 7.91. The number of allylic oxidation sites excluding steroid dienone is 1. The average Bonchev–Trinajstić information content (AvgIpc) is 2.85. The van der Waals surface area contributed by atoms with Crippen LogP contribution in [0.25, 0.3) is 0 Å². The van der Waals surface area contributed by atoms with E-state index in [9.17, 15) is 9.59 Å². The van der Waals surface area contributed by atoms with E-state index in [2.05, 4.69) is 33.0 Å². The number of esters is 1. The molecule has 3 aromatic rings. The lowest BCUT2D eigenvalue weighted by molar-refractivity contribution is -0.123. The molecule has 0 aliphatic rings. The lowest BCUT2D eigenvalue weighted by Crippen LogP contribution is -2.24. The molecule has 0 aliphatic carbocycles. The molecule has 0 atom stereocenters. The van der Waals surface area contributed by atoms with Gasteiger partial charge >= 0.3 is 5.97 Å². The summed E-state index contributed by atoms with van der Waals surface area (Å²) in [6, 6.07) is 19.2. The Hall–Kier alpha value is -3.91. The molecule has 0 radical (unpaired) electrons. The van der Waals surface area contributed by atoms with Crippen LogP contribution in [0.3, 0.4) is 0 Å². The van der Waals surface area contributed by atoms with Crippen molar-refractivity contribution in [2.45, 2.75) is 6.42 Å². The molecule has 1 N–H and O–H groups in total. The molecule has 34 heavy (non-hydrogen) atoms. The lowest BCUT2D eigenvalue weighted by Gasteiger charge is -2.11. The maximum Gasteiger partial charge on any atom is 0.343 e. The van der Waals surface area contributed by atoms with E-state index in [4.69, 9.17) is 14.2 Å². The summed E-state index contributed by atoms with van der Waals surface area (Å²) in [5.74, 6) is 0.302. The van der Waals surface area contributed by atoms with E-state index in [1.165, 1.54) is 13.3 Å². The molecule has 8 heteroatoms. The van der Waals surface area contributed by atoms with Crippen molar-refractivity contribution in [2.24, 2.45) is 5.10 Å². The lowest BCUT2D eigenvalue weighted by atomic mass is 10.1. The number of carbonyl (C=O) groups is 2. The molecule has 1 amide bonds. The number of hydrogen-bond acceptors (Lipinski definition) is 6. The average molecular weight is 523 g/mol. The van der Waals surface area contributed by atoms with E-state index in [0.29, 0.717) is 34.8 Å². The van der Waals surface area contributed by atoms with Gasteiger partial charge in [0.1, 0.15) is 5.75 Å². The van der Waals surface area contributed by atoms with Crippen molar-refractivity contribution in [1.29, 1.82) is 0 Å². The van der Waals surface area contributed by atoms with Gasteiger partial charge in [0, 0.05) is 10.0 Å². The Kier molecular flexibility index (Phi) is 8.99. The van der Waals surface area contributed by atoms with Crippen LogP contribution in [0, 0.1) is 0 Å². The first-order valence-electron chi connectivity index (χ1n) is 10.3. The highest BCUT2D eigenvalue weighted by molar-refractivity contribution is 9.10. The van der Waals surface area contributed by atoms with Crippen molar-refractivity contribution < 1.29 is 23.8 Å². The fourth-order valence-electron chi connectivity index (χ4n) is 2.92. The van der Waals surface area contributed by atoms with Crippen LogP contribution >= 0.6 is 15.9 Å². The predicted octanol–water partition coefficient (Wildman–Crippen LogP) is 4.93. The minimum atomic E-state index is -0.497. The van der Waals surface area contributed by atoms with Crippen LogP contribution in [0.2, 0.25) is 0 Å². The first kappa shape index (κ1) is 24.7. The monoisotopic (exact) mass is 522 g/mol. The Balaban J connectivity index is 1.60. The van der Waals surface area contributed by atoms with Crippen molar-refractivity contribution in [3.05, 3.63) is 101 Å². The van der Waals surface area contributed by atoms with Gasteiger partial charge in [-0.2, -0.15) is 5.10 Å². The third-order valence-corrected chi connectivity index (χ3v) is 5.04. The zero-order valence-electron chi connectivity index (χ0n) is 18.5. The predicted molar refractivity (Wildman–Crippen MR) is 134 cm³/mol. The summed E-state index contributed by atoms with van der Waals surface area (Å²) in [6.45, 7) is 3.46. The van der Waals surface area contributed by atoms with Crippen LogP contribution < -0.4 is 19.6 Å². The molecule has 0 bridgehead atoms. The summed E-state index contributed by atoms with van der Waals surface area (Å²) in [6.07, 6.45) is 3.88. The number of carbonyl (C=O) groups excluding carboxylic acids is 2. The number of rotatable bonds is 10. The number of ether oxygens (including phenoxy) is 3. The smallest absolute Gasteiger partial charge is 0.343 e. The van der Waals surface area contributed by atoms with Crippen molar-refractivity contribution in [1.82, 2.24) is 5.43 Å². The zero-order chi connectivity index (χ0) is 24.3. The van der Waals surface area contributed by atoms with E-state index in [0.717, 1.165) is 10.0 Å². The third kappa shape index (κ3) is 7.05. The molecule has 0 heterocycles. The fraction of sp³-hybridized carbons (Fsp3) is 0.115. The molecular weight excluding hydrogens is 500 g/mol.